The first kappa shape index (κ1) is 15.7. The third-order valence-electron chi connectivity index (χ3n) is 4.18. The lowest BCUT2D eigenvalue weighted by Gasteiger charge is -2.35. The normalized spacial score (nSPS) is 21.3. The van der Waals surface area contributed by atoms with E-state index < -0.39 is 11.6 Å². The number of nitrogens with zero attached hydrogens (tertiary/aromatic N) is 1. The smallest absolute Gasteiger partial charge is 0.130 e. The van der Waals surface area contributed by atoms with Gasteiger partial charge in [0, 0.05) is 37.8 Å². The molecular formula is C15H21ClF2N2. The summed E-state index contributed by atoms with van der Waals surface area (Å²) in [6, 6.07) is 4.09. The molecule has 20 heavy (non-hydrogen) atoms. The molecule has 112 valence electrons. The van der Waals surface area contributed by atoms with Crippen molar-refractivity contribution in [3.05, 3.63) is 35.4 Å². The monoisotopic (exact) mass is 302 g/mol. The first-order valence-corrected chi connectivity index (χ1v) is 7.14. The summed E-state index contributed by atoms with van der Waals surface area (Å²) in [7, 11) is 0. The van der Waals surface area contributed by atoms with Gasteiger partial charge in [-0.25, -0.2) is 8.78 Å². The fourth-order valence-corrected chi connectivity index (χ4v) is 2.94. The highest BCUT2D eigenvalue weighted by Gasteiger charge is 2.33. The van der Waals surface area contributed by atoms with Crippen LogP contribution in [0.4, 0.5) is 8.78 Å². The molecule has 1 aromatic carbocycles. The number of rotatable bonds is 4. The van der Waals surface area contributed by atoms with Crippen molar-refractivity contribution in [2.75, 3.05) is 26.2 Å². The maximum Gasteiger partial charge on any atom is 0.130 e. The number of halogens is 3. The SMILES string of the molecule is Cl.Fc1cccc(F)c1[C@@H](CC1CC1)N1CCNCC1. The molecule has 1 atom stereocenters. The van der Waals surface area contributed by atoms with Crippen molar-refractivity contribution in [3.63, 3.8) is 0 Å². The van der Waals surface area contributed by atoms with Crippen molar-refractivity contribution >= 4 is 12.4 Å². The Hall–Kier alpha value is -0.710. The van der Waals surface area contributed by atoms with E-state index in [1.165, 1.54) is 31.0 Å². The molecule has 0 spiro atoms. The molecule has 0 unspecified atom stereocenters. The lowest BCUT2D eigenvalue weighted by Crippen LogP contribution is -2.45. The van der Waals surface area contributed by atoms with Gasteiger partial charge in [0.05, 0.1) is 0 Å². The van der Waals surface area contributed by atoms with Gasteiger partial charge in [-0.15, -0.1) is 12.4 Å². The van der Waals surface area contributed by atoms with Crippen LogP contribution in [0.1, 0.15) is 30.9 Å². The summed E-state index contributed by atoms with van der Waals surface area (Å²) in [5, 5.41) is 3.29. The van der Waals surface area contributed by atoms with Crippen LogP contribution < -0.4 is 5.32 Å². The summed E-state index contributed by atoms with van der Waals surface area (Å²) in [6.07, 6.45) is 3.30. The number of piperazine rings is 1. The van der Waals surface area contributed by atoms with Gasteiger partial charge in [-0.2, -0.15) is 0 Å². The fraction of sp³-hybridized carbons (Fsp3) is 0.600. The average molecular weight is 303 g/mol. The van der Waals surface area contributed by atoms with Gasteiger partial charge in [-0.05, 0) is 24.5 Å². The van der Waals surface area contributed by atoms with E-state index in [0.29, 0.717) is 5.92 Å². The van der Waals surface area contributed by atoms with E-state index in [1.807, 2.05) is 0 Å². The summed E-state index contributed by atoms with van der Waals surface area (Å²) in [6.45, 7) is 3.53. The standard InChI is InChI=1S/C15H20F2N2.ClH/c16-12-2-1-3-13(17)15(12)14(10-11-4-5-11)19-8-6-18-7-9-19;/h1-3,11,14,18H,4-10H2;1H/t14-;/m1./s1. The Labute approximate surface area is 124 Å². The number of benzene rings is 1. The Balaban J connectivity index is 0.00000147. The second kappa shape index (κ2) is 6.83. The van der Waals surface area contributed by atoms with Crippen molar-refractivity contribution in [2.45, 2.75) is 25.3 Å². The van der Waals surface area contributed by atoms with Gasteiger partial charge in [0.1, 0.15) is 11.6 Å². The second-order valence-corrected chi connectivity index (χ2v) is 5.62. The van der Waals surface area contributed by atoms with E-state index >= 15 is 0 Å². The van der Waals surface area contributed by atoms with E-state index in [2.05, 4.69) is 10.2 Å². The van der Waals surface area contributed by atoms with Crippen LogP contribution in [0.3, 0.4) is 0 Å². The highest BCUT2D eigenvalue weighted by atomic mass is 35.5. The van der Waals surface area contributed by atoms with Crippen molar-refractivity contribution in [2.24, 2.45) is 5.92 Å². The molecular weight excluding hydrogens is 282 g/mol. The summed E-state index contributed by atoms with van der Waals surface area (Å²) in [5.41, 5.74) is 0.274. The molecule has 0 bridgehead atoms. The molecule has 1 aromatic rings. The van der Waals surface area contributed by atoms with Gasteiger partial charge in [-0.3, -0.25) is 4.90 Å². The van der Waals surface area contributed by atoms with E-state index in [9.17, 15) is 8.78 Å². The molecule has 1 N–H and O–H groups in total. The summed E-state index contributed by atoms with van der Waals surface area (Å²) in [4.78, 5) is 2.23. The number of nitrogens with one attached hydrogen (secondary N) is 1. The molecule has 3 rings (SSSR count). The van der Waals surface area contributed by atoms with Gasteiger partial charge in [-0.1, -0.05) is 18.9 Å². The van der Waals surface area contributed by atoms with Crippen LogP contribution in [0.5, 0.6) is 0 Å². The van der Waals surface area contributed by atoms with E-state index in [4.69, 9.17) is 0 Å². The van der Waals surface area contributed by atoms with Crippen LogP contribution in [0.15, 0.2) is 18.2 Å². The van der Waals surface area contributed by atoms with Gasteiger partial charge < -0.3 is 5.32 Å². The Morgan fingerprint density at radius 1 is 1.15 bits per heavy atom. The fourth-order valence-electron chi connectivity index (χ4n) is 2.94. The third kappa shape index (κ3) is 3.48. The van der Waals surface area contributed by atoms with Gasteiger partial charge in [0.15, 0.2) is 0 Å². The predicted molar refractivity (Wildman–Crippen MR) is 78.1 cm³/mol. The van der Waals surface area contributed by atoms with Crippen molar-refractivity contribution < 1.29 is 8.78 Å². The molecule has 2 aliphatic rings. The Kier molecular flexibility index (Phi) is 5.35. The first-order chi connectivity index (χ1) is 9.25. The molecule has 1 aliphatic heterocycles. The molecule has 0 aromatic heterocycles. The van der Waals surface area contributed by atoms with Gasteiger partial charge >= 0.3 is 0 Å². The minimum absolute atomic E-state index is 0. The van der Waals surface area contributed by atoms with Crippen LogP contribution in [-0.4, -0.2) is 31.1 Å². The summed E-state index contributed by atoms with van der Waals surface area (Å²) >= 11 is 0. The Morgan fingerprint density at radius 2 is 1.75 bits per heavy atom. The molecule has 1 heterocycles. The van der Waals surface area contributed by atoms with E-state index in [0.717, 1.165) is 32.6 Å². The first-order valence-electron chi connectivity index (χ1n) is 7.14. The van der Waals surface area contributed by atoms with Crippen LogP contribution in [0.25, 0.3) is 0 Å². The average Bonchev–Trinajstić information content (AvgIpc) is 3.22. The topological polar surface area (TPSA) is 15.3 Å². The van der Waals surface area contributed by atoms with E-state index in [-0.39, 0.29) is 24.0 Å². The molecule has 0 amide bonds. The zero-order valence-electron chi connectivity index (χ0n) is 11.4. The molecule has 1 aliphatic carbocycles. The van der Waals surface area contributed by atoms with Crippen LogP contribution in [0.2, 0.25) is 0 Å². The Bertz CT molecular complexity index is 425. The zero-order chi connectivity index (χ0) is 13.2. The highest BCUT2D eigenvalue weighted by molar-refractivity contribution is 5.85. The lowest BCUT2D eigenvalue weighted by atomic mass is 9.97. The van der Waals surface area contributed by atoms with Crippen LogP contribution >= 0.6 is 12.4 Å². The van der Waals surface area contributed by atoms with Gasteiger partial charge in [0.2, 0.25) is 0 Å². The second-order valence-electron chi connectivity index (χ2n) is 5.62. The molecule has 5 heteroatoms. The minimum atomic E-state index is -0.399. The number of hydrogen-bond acceptors (Lipinski definition) is 2. The predicted octanol–water partition coefficient (Wildman–Crippen LogP) is 3.13. The zero-order valence-corrected chi connectivity index (χ0v) is 12.3. The molecule has 1 saturated heterocycles. The molecule has 2 fully saturated rings. The third-order valence-corrected chi connectivity index (χ3v) is 4.18. The highest BCUT2D eigenvalue weighted by Crippen LogP contribution is 2.41. The van der Waals surface area contributed by atoms with E-state index in [1.54, 1.807) is 0 Å². The van der Waals surface area contributed by atoms with Crippen LogP contribution in [0, 0.1) is 17.6 Å². The summed E-state index contributed by atoms with van der Waals surface area (Å²) in [5.74, 6) is -0.146. The maximum absolute atomic E-state index is 14.0. The quantitative estimate of drug-likeness (QED) is 0.919. The maximum atomic E-state index is 14.0. The van der Waals surface area contributed by atoms with Gasteiger partial charge in [0.25, 0.3) is 0 Å². The summed E-state index contributed by atoms with van der Waals surface area (Å²) < 4.78 is 28.1. The Morgan fingerprint density at radius 3 is 2.30 bits per heavy atom. The number of hydrogen-bond donors (Lipinski definition) is 1. The van der Waals surface area contributed by atoms with Crippen molar-refractivity contribution in [1.29, 1.82) is 0 Å². The van der Waals surface area contributed by atoms with Crippen molar-refractivity contribution in [3.8, 4) is 0 Å². The molecule has 1 saturated carbocycles. The molecule has 0 radical (unpaired) electrons. The molecule has 2 nitrogen and oxygen atoms in total. The van der Waals surface area contributed by atoms with Crippen molar-refractivity contribution in [1.82, 2.24) is 10.2 Å². The van der Waals surface area contributed by atoms with Crippen LogP contribution in [-0.2, 0) is 0 Å². The largest absolute Gasteiger partial charge is 0.314 e. The minimum Gasteiger partial charge on any atom is -0.314 e. The lowest BCUT2D eigenvalue weighted by molar-refractivity contribution is 0.154.